The fourth-order valence-electron chi connectivity index (χ4n) is 3.44. The van der Waals surface area contributed by atoms with Gasteiger partial charge >= 0.3 is 0 Å². The predicted octanol–water partition coefficient (Wildman–Crippen LogP) is 4.23. The molecule has 1 fully saturated rings. The van der Waals surface area contributed by atoms with Crippen LogP contribution in [0.1, 0.15) is 60.7 Å². The smallest absolute Gasteiger partial charge is 0.273 e. The third-order valence-electron chi connectivity index (χ3n) is 4.94. The normalized spacial score (nSPS) is 15.4. The van der Waals surface area contributed by atoms with Crippen molar-refractivity contribution < 1.29 is 4.79 Å². The number of hydrogen-bond donors (Lipinski definition) is 1. The molecule has 2 aromatic heterocycles. The molecule has 140 valence electrons. The number of nitrogens with one attached hydrogen (secondary N) is 1. The number of rotatable bonds is 5. The Hall–Kier alpha value is -2.54. The molecule has 0 unspecified atom stereocenters. The molecule has 0 bridgehead atoms. The molecular formula is C20H23N5OS. The molecule has 27 heavy (non-hydrogen) atoms. The molecule has 0 aliphatic heterocycles. The van der Waals surface area contributed by atoms with Crippen LogP contribution in [0.4, 0.5) is 0 Å². The van der Waals surface area contributed by atoms with E-state index in [0.717, 1.165) is 29.1 Å². The van der Waals surface area contributed by atoms with Crippen molar-refractivity contribution in [2.45, 2.75) is 51.1 Å². The minimum absolute atomic E-state index is 0.205. The van der Waals surface area contributed by atoms with E-state index in [-0.39, 0.29) is 5.91 Å². The van der Waals surface area contributed by atoms with E-state index in [1.54, 1.807) is 17.5 Å². The van der Waals surface area contributed by atoms with Crippen LogP contribution in [-0.2, 0) is 6.54 Å². The zero-order chi connectivity index (χ0) is 18.5. The summed E-state index contributed by atoms with van der Waals surface area (Å²) >= 11 is 1.58. The largest absolute Gasteiger partial charge is 0.345 e. The molecule has 0 spiro atoms. The van der Waals surface area contributed by atoms with E-state index < -0.39 is 0 Å². The molecule has 0 atom stereocenters. The first-order valence-electron chi connectivity index (χ1n) is 9.49. The summed E-state index contributed by atoms with van der Waals surface area (Å²) in [5.74, 6) is -0.205. The molecule has 2 heterocycles. The van der Waals surface area contributed by atoms with Crippen molar-refractivity contribution in [1.82, 2.24) is 25.3 Å². The Bertz CT molecular complexity index is 881. The molecule has 1 aliphatic rings. The highest BCUT2D eigenvalue weighted by molar-refractivity contribution is 7.13. The van der Waals surface area contributed by atoms with Crippen molar-refractivity contribution >= 4 is 17.2 Å². The van der Waals surface area contributed by atoms with Crippen molar-refractivity contribution in [3.05, 3.63) is 53.3 Å². The van der Waals surface area contributed by atoms with Gasteiger partial charge in [-0.25, -0.2) is 9.67 Å². The van der Waals surface area contributed by atoms with Crippen LogP contribution in [0.15, 0.2) is 41.9 Å². The van der Waals surface area contributed by atoms with E-state index in [2.05, 4.69) is 20.6 Å². The Morgan fingerprint density at radius 3 is 2.70 bits per heavy atom. The zero-order valence-electron chi connectivity index (χ0n) is 15.2. The number of aromatic nitrogens is 4. The first-order valence-corrected chi connectivity index (χ1v) is 10.4. The minimum Gasteiger partial charge on any atom is -0.345 e. The maximum Gasteiger partial charge on any atom is 0.273 e. The average molecular weight is 382 g/mol. The van der Waals surface area contributed by atoms with Gasteiger partial charge in [-0.05, 0) is 12.8 Å². The van der Waals surface area contributed by atoms with Crippen molar-refractivity contribution in [3.8, 4) is 10.6 Å². The lowest BCUT2D eigenvalue weighted by Gasteiger charge is -2.12. The third-order valence-corrected chi connectivity index (χ3v) is 5.88. The number of thiazole rings is 1. The van der Waals surface area contributed by atoms with E-state index in [9.17, 15) is 4.79 Å². The zero-order valence-corrected chi connectivity index (χ0v) is 16.0. The second-order valence-electron chi connectivity index (χ2n) is 6.92. The Morgan fingerprint density at radius 2 is 1.93 bits per heavy atom. The molecule has 1 aliphatic carbocycles. The van der Waals surface area contributed by atoms with Crippen LogP contribution in [0.2, 0.25) is 0 Å². The van der Waals surface area contributed by atoms with Crippen LogP contribution in [-0.4, -0.2) is 25.9 Å². The van der Waals surface area contributed by atoms with Crippen molar-refractivity contribution in [2.75, 3.05) is 0 Å². The van der Waals surface area contributed by atoms with Gasteiger partial charge < -0.3 is 5.32 Å². The molecule has 6 nitrogen and oxygen atoms in total. The maximum absolute atomic E-state index is 12.4. The van der Waals surface area contributed by atoms with Gasteiger partial charge in [-0.2, -0.15) is 0 Å². The summed E-state index contributed by atoms with van der Waals surface area (Å²) in [6.07, 6.45) is 9.03. The second kappa shape index (κ2) is 8.43. The number of carbonyl (C=O) groups excluding carboxylic acids is 1. The number of benzene rings is 1. The van der Waals surface area contributed by atoms with E-state index >= 15 is 0 Å². The molecule has 3 aromatic rings. The highest BCUT2D eigenvalue weighted by Crippen LogP contribution is 2.26. The van der Waals surface area contributed by atoms with Crippen molar-refractivity contribution in [2.24, 2.45) is 0 Å². The molecule has 1 saturated carbocycles. The van der Waals surface area contributed by atoms with E-state index in [1.165, 1.54) is 25.7 Å². The summed E-state index contributed by atoms with van der Waals surface area (Å²) in [4.78, 5) is 17.0. The van der Waals surface area contributed by atoms with Crippen LogP contribution in [0.5, 0.6) is 0 Å². The molecule has 0 radical (unpaired) electrons. The SMILES string of the molecule is O=C(NCc1csc(-c2ccccc2)n1)c1cn(C2CCCCCC2)nn1. The highest BCUT2D eigenvalue weighted by Gasteiger charge is 2.18. The molecule has 4 rings (SSSR count). The molecule has 1 amide bonds. The molecule has 1 aromatic carbocycles. The van der Waals surface area contributed by atoms with Crippen LogP contribution < -0.4 is 5.32 Å². The first-order chi connectivity index (χ1) is 13.3. The fourth-order valence-corrected chi connectivity index (χ4v) is 4.27. The van der Waals surface area contributed by atoms with Crippen LogP contribution in [0, 0.1) is 0 Å². The van der Waals surface area contributed by atoms with Gasteiger partial charge in [0.15, 0.2) is 5.69 Å². The Morgan fingerprint density at radius 1 is 1.15 bits per heavy atom. The number of hydrogen-bond acceptors (Lipinski definition) is 5. The molecule has 1 N–H and O–H groups in total. The Kier molecular flexibility index (Phi) is 5.58. The quantitative estimate of drug-likeness (QED) is 0.672. The van der Waals surface area contributed by atoms with Crippen LogP contribution in [0.25, 0.3) is 10.6 Å². The van der Waals surface area contributed by atoms with Crippen LogP contribution in [0.3, 0.4) is 0 Å². The predicted molar refractivity (Wildman–Crippen MR) is 105 cm³/mol. The minimum atomic E-state index is -0.205. The van der Waals surface area contributed by atoms with E-state index in [4.69, 9.17) is 0 Å². The summed E-state index contributed by atoms with van der Waals surface area (Å²) < 4.78 is 1.87. The molecule has 7 heteroatoms. The summed E-state index contributed by atoms with van der Waals surface area (Å²) in [5, 5.41) is 14.1. The van der Waals surface area contributed by atoms with Gasteiger partial charge in [0.25, 0.3) is 5.91 Å². The Balaban J connectivity index is 1.35. The van der Waals surface area contributed by atoms with E-state index in [0.29, 0.717) is 18.3 Å². The van der Waals surface area contributed by atoms with Gasteiger partial charge in [-0.3, -0.25) is 4.79 Å². The summed E-state index contributed by atoms with van der Waals surface area (Å²) in [6, 6.07) is 10.4. The van der Waals surface area contributed by atoms with Crippen molar-refractivity contribution in [1.29, 1.82) is 0 Å². The third kappa shape index (κ3) is 4.42. The summed E-state index contributed by atoms with van der Waals surface area (Å²) in [6.45, 7) is 0.387. The second-order valence-corrected chi connectivity index (χ2v) is 7.78. The topological polar surface area (TPSA) is 72.7 Å². The van der Waals surface area contributed by atoms with Gasteiger partial charge in [0.1, 0.15) is 5.01 Å². The lowest BCUT2D eigenvalue weighted by molar-refractivity contribution is 0.0945. The van der Waals surface area contributed by atoms with E-state index in [1.807, 2.05) is 40.4 Å². The van der Waals surface area contributed by atoms with Gasteiger partial charge in [-0.1, -0.05) is 61.2 Å². The summed E-state index contributed by atoms with van der Waals surface area (Å²) in [5.41, 5.74) is 2.31. The number of carbonyl (C=O) groups is 1. The Labute approximate surface area is 162 Å². The standard InChI is InChI=1S/C20H23N5OS/c26-19(18-13-25(24-23-18)17-10-6-1-2-7-11-17)21-12-16-14-27-20(22-16)15-8-4-3-5-9-15/h3-5,8-9,13-14,17H,1-2,6-7,10-12H2,(H,21,26). The monoisotopic (exact) mass is 381 g/mol. The van der Waals surface area contributed by atoms with Gasteiger partial charge in [0.2, 0.25) is 0 Å². The first kappa shape index (κ1) is 17.9. The lowest BCUT2D eigenvalue weighted by Crippen LogP contribution is -2.23. The summed E-state index contributed by atoms with van der Waals surface area (Å²) in [7, 11) is 0. The molecule has 0 saturated heterocycles. The van der Waals surface area contributed by atoms with Crippen LogP contribution >= 0.6 is 11.3 Å². The van der Waals surface area contributed by atoms with Gasteiger partial charge in [0, 0.05) is 10.9 Å². The fraction of sp³-hybridized carbons (Fsp3) is 0.400. The maximum atomic E-state index is 12.4. The number of amides is 1. The lowest BCUT2D eigenvalue weighted by atomic mass is 10.1. The highest BCUT2D eigenvalue weighted by atomic mass is 32.1. The van der Waals surface area contributed by atoms with Crippen molar-refractivity contribution in [3.63, 3.8) is 0 Å². The number of nitrogens with zero attached hydrogens (tertiary/aromatic N) is 4. The van der Waals surface area contributed by atoms with Gasteiger partial charge in [0.05, 0.1) is 24.5 Å². The van der Waals surface area contributed by atoms with Gasteiger partial charge in [-0.15, -0.1) is 16.4 Å². The molecular weight excluding hydrogens is 358 g/mol. The average Bonchev–Trinajstić information content (AvgIpc) is 3.31.